The lowest BCUT2D eigenvalue weighted by Crippen LogP contribution is -2.47. The van der Waals surface area contributed by atoms with Gasteiger partial charge in [-0.1, -0.05) is 30.3 Å². The first kappa shape index (κ1) is 25.1. The molecule has 2 amide bonds. The van der Waals surface area contributed by atoms with Gasteiger partial charge in [-0.2, -0.15) is 11.8 Å². The van der Waals surface area contributed by atoms with E-state index in [2.05, 4.69) is 15.6 Å². The lowest BCUT2D eigenvalue weighted by Gasteiger charge is -2.19. The number of amides is 2. The van der Waals surface area contributed by atoms with E-state index in [-0.39, 0.29) is 11.8 Å². The number of rotatable bonds is 12. The minimum atomic E-state index is -0.647. The molecule has 3 rings (SSSR count). The number of hydrogen-bond donors (Lipinski definition) is 2. The molecule has 0 radical (unpaired) electrons. The van der Waals surface area contributed by atoms with Crippen LogP contribution in [0, 0.1) is 0 Å². The van der Waals surface area contributed by atoms with E-state index in [0.29, 0.717) is 30.9 Å². The van der Waals surface area contributed by atoms with Gasteiger partial charge in [0.2, 0.25) is 5.91 Å². The van der Waals surface area contributed by atoms with Crippen molar-refractivity contribution in [3.8, 4) is 11.5 Å². The summed E-state index contributed by atoms with van der Waals surface area (Å²) >= 11 is 1.62. The van der Waals surface area contributed by atoms with Crippen LogP contribution in [0.1, 0.15) is 28.0 Å². The summed E-state index contributed by atoms with van der Waals surface area (Å²) in [5.74, 6) is 1.37. The summed E-state index contributed by atoms with van der Waals surface area (Å²) in [6.07, 6.45) is 4.22. The smallest absolute Gasteiger partial charge is 0.255 e. The number of nitrogens with one attached hydrogen (secondary N) is 2. The fourth-order valence-corrected chi connectivity index (χ4v) is 3.70. The second-order valence-corrected chi connectivity index (χ2v) is 8.46. The van der Waals surface area contributed by atoms with Gasteiger partial charge in [-0.25, -0.2) is 0 Å². The lowest BCUT2D eigenvalue weighted by atomic mass is 10.1. The number of aromatic nitrogens is 1. The molecule has 0 aliphatic heterocycles. The van der Waals surface area contributed by atoms with Crippen molar-refractivity contribution in [2.24, 2.45) is 0 Å². The summed E-state index contributed by atoms with van der Waals surface area (Å²) in [5, 5.41) is 5.78. The first-order valence-corrected chi connectivity index (χ1v) is 12.3. The Kier molecular flexibility index (Phi) is 9.79. The summed E-state index contributed by atoms with van der Waals surface area (Å²) < 4.78 is 11.0. The van der Waals surface area contributed by atoms with Gasteiger partial charge in [-0.05, 0) is 60.4 Å². The van der Waals surface area contributed by atoms with Crippen molar-refractivity contribution in [1.82, 2.24) is 15.6 Å². The van der Waals surface area contributed by atoms with E-state index in [0.717, 1.165) is 22.8 Å². The summed E-state index contributed by atoms with van der Waals surface area (Å²) in [4.78, 5) is 29.9. The Balaban J connectivity index is 1.55. The highest BCUT2D eigenvalue weighted by Crippen LogP contribution is 2.18. The number of ether oxygens (including phenoxy) is 2. The van der Waals surface area contributed by atoms with Crippen LogP contribution in [0.5, 0.6) is 11.5 Å². The van der Waals surface area contributed by atoms with Crippen LogP contribution in [-0.4, -0.2) is 42.0 Å². The third-order valence-corrected chi connectivity index (χ3v) is 5.73. The number of benzene rings is 2. The SMILES string of the molecule is COc1ccccc1C(=O)NC(CCSC)C(=O)NCc1ccc(OCc2ccccn2)cc1. The zero-order chi connectivity index (χ0) is 24.2. The molecule has 1 heterocycles. The van der Waals surface area contributed by atoms with Crippen molar-refractivity contribution in [3.63, 3.8) is 0 Å². The largest absolute Gasteiger partial charge is 0.496 e. The molecular weight excluding hydrogens is 450 g/mol. The second-order valence-electron chi connectivity index (χ2n) is 7.48. The normalized spacial score (nSPS) is 11.4. The van der Waals surface area contributed by atoms with Gasteiger partial charge in [0, 0.05) is 12.7 Å². The molecule has 2 aromatic carbocycles. The van der Waals surface area contributed by atoms with Crippen molar-refractivity contribution in [1.29, 1.82) is 0 Å². The number of para-hydroxylation sites is 1. The summed E-state index contributed by atoms with van der Waals surface area (Å²) in [5.41, 5.74) is 2.18. The number of nitrogens with zero attached hydrogens (tertiary/aromatic N) is 1. The number of thioether (sulfide) groups is 1. The Hall–Kier alpha value is -3.52. The van der Waals surface area contributed by atoms with Gasteiger partial charge < -0.3 is 20.1 Å². The number of pyridine rings is 1. The molecule has 3 aromatic rings. The van der Waals surface area contributed by atoms with Crippen molar-refractivity contribution in [3.05, 3.63) is 89.7 Å². The minimum absolute atomic E-state index is 0.229. The van der Waals surface area contributed by atoms with Crippen molar-refractivity contribution in [2.45, 2.75) is 25.6 Å². The molecule has 0 aliphatic carbocycles. The van der Waals surface area contributed by atoms with Crippen molar-refractivity contribution >= 4 is 23.6 Å². The third kappa shape index (κ3) is 7.52. The second kappa shape index (κ2) is 13.3. The fourth-order valence-electron chi connectivity index (χ4n) is 3.23. The molecule has 34 heavy (non-hydrogen) atoms. The number of carbonyl (C=O) groups is 2. The van der Waals surface area contributed by atoms with Gasteiger partial charge in [-0.15, -0.1) is 0 Å². The molecule has 0 saturated heterocycles. The topological polar surface area (TPSA) is 89.5 Å². The molecule has 1 atom stereocenters. The minimum Gasteiger partial charge on any atom is -0.496 e. The number of carbonyl (C=O) groups excluding carboxylic acids is 2. The predicted molar refractivity (Wildman–Crippen MR) is 134 cm³/mol. The van der Waals surface area contributed by atoms with Crippen LogP contribution in [0.15, 0.2) is 72.9 Å². The maximum absolute atomic E-state index is 12.9. The molecule has 178 valence electrons. The zero-order valence-electron chi connectivity index (χ0n) is 19.3. The Morgan fingerprint density at radius 1 is 1.03 bits per heavy atom. The molecule has 0 fully saturated rings. The Morgan fingerprint density at radius 3 is 2.50 bits per heavy atom. The molecule has 1 aromatic heterocycles. The van der Waals surface area contributed by atoms with Crippen LogP contribution in [0.2, 0.25) is 0 Å². The maximum Gasteiger partial charge on any atom is 0.255 e. The van der Waals surface area contributed by atoms with Crippen LogP contribution in [0.3, 0.4) is 0 Å². The quantitative estimate of drug-likeness (QED) is 0.410. The van der Waals surface area contributed by atoms with Gasteiger partial charge in [0.15, 0.2) is 0 Å². The van der Waals surface area contributed by atoms with Crippen LogP contribution in [-0.2, 0) is 17.9 Å². The van der Waals surface area contributed by atoms with E-state index in [9.17, 15) is 9.59 Å². The molecule has 0 spiro atoms. The van der Waals surface area contributed by atoms with Crippen LogP contribution >= 0.6 is 11.8 Å². The van der Waals surface area contributed by atoms with Crippen LogP contribution in [0.4, 0.5) is 0 Å². The maximum atomic E-state index is 12.9. The van der Waals surface area contributed by atoms with Gasteiger partial charge in [0.1, 0.15) is 24.1 Å². The molecule has 8 heteroatoms. The van der Waals surface area contributed by atoms with Gasteiger partial charge in [0.25, 0.3) is 5.91 Å². The standard InChI is InChI=1S/C26H29N3O4S/c1-32-24-9-4-3-8-22(24)25(30)29-23(14-16-34-2)26(31)28-17-19-10-12-21(13-11-19)33-18-20-7-5-6-15-27-20/h3-13,15,23H,14,16-18H2,1-2H3,(H,28,31)(H,29,30). The Morgan fingerprint density at radius 2 is 1.79 bits per heavy atom. The fraction of sp³-hybridized carbons (Fsp3) is 0.269. The summed E-state index contributed by atoms with van der Waals surface area (Å²) in [6, 6.07) is 19.5. The Bertz CT molecular complexity index is 1060. The highest BCUT2D eigenvalue weighted by molar-refractivity contribution is 7.98. The summed E-state index contributed by atoms with van der Waals surface area (Å²) in [6.45, 7) is 0.736. The first-order chi connectivity index (χ1) is 16.6. The molecule has 0 aliphatic rings. The molecule has 0 saturated carbocycles. The zero-order valence-corrected chi connectivity index (χ0v) is 20.1. The molecule has 7 nitrogen and oxygen atoms in total. The van der Waals surface area contributed by atoms with Crippen LogP contribution in [0.25, 0.3) is 0 Å². The molecule has 0 bridgehead atoms. The first-order valence-electron chi connectivity index (χ1n) is 10.9. The summed E-state index contributed by atoms with van der Waals surface area (Å²) in [7, 11) is 1.51. The lowest BCUT2D eigenvalue weighted by molar-refractivity contribution is -0.123. The van der Waals surface area contributed by atoms with Crippen molar-refractivity contribution in [2.75, 3.05) is 19.1 Å². The van der Waals surface area contributed by atoms with Gasteiger partial charge in [0.05, 0.1) is 18.4 Å². The average Bonchev–Trinajstić information content (AvgIpc) is 2.89. The van der Waals surface area contributed by atoms with E-state index in [1.807, 2.05) is 48.7 Å². The molecule has 1 unspecified atom stereocenters. The third-order valence-electron chi connectivity index (χ3n) is 5.09. The van der Waals surface area contributed by atoms with Gasteiger partial charge >= 0.3 is 0 Å². The van der Waals surface area contributed by atoms with E-state index < -0.39 is 6.04 Å². The monoisotopic (exact) mass is 479 g/mol. The molecule has 2 N–H and O–H groups in total. The highest BCUT2D eigenvalue weighted by Gasteiger charge is 2.22. The van der Waals surface area contributed by atoms with Crippen molar-refractivity contribution < 1.29 is 19.1 Å². The van der Waals surface area contributed by atoms with E-state index >= 15 is 0 Å². The van der Waals surface area contributed by atoms with E-state index in [1.54, 1.807) is 42.2 Å². The predicted octanol–water partition coefficient (Wildman–Crippen LogP) is 3.84. The van der Waals surface area contributed by atoms with Gasteiger partial charge in [-0.3, -0.25) is 14.6 Å². The number of hydrogen-bond acceptors (Lipinski definition) is 6. The van der Waals surface area contributed by atoms with Crippen LogP contribution < -0.4 is 20.1 Å². The van der Waals surface area contributed by atoms with E-state index in [4.69, 9.17) is 9.47 Å². The molecular formula is C26H29N3O4S. The average molecular weight is 480 g/mol. The highest BCUT2D eigenvalue weighted by atomic mass is 32.2. The van der Waals surface area contributed by atoms with E-state index in [1.165, 1.54) is 7.11 Å². The number of methoxy groups -OCH3 is 1. The Labute approximate surface area is 204 Å².